The highest BCUT2D eigenvalue weighted by atomic mass is 19.1. The van der Waals surface area contributed by atoms with Crippen LogP contribution < -0.4 is 10.6 Å². The summed E-state index contributed by atoms with van der Waals surface area (Å²) in [6, 6.07) is 8.96. The normalized spacial score (nSPS) is 18.2. The summed E-state index contributed by atoms with van der Waals surface area (Å²) < 4.78 is 14.0. The van der Waals surface area contributed by atoms with Gasteiger partial charge in [-0.05, 0) is 37.9 Å². The molecule has 0 spiro atoms. The van der Waals surface area contributed by atoms with Crippen molar-refractivity contribution >= 4 is 5.82 Å². The molecule has 2 heterocycles. The van der Waals surface area contributed by atoms with Crippen LogP contribution in [0, 0.1) is 5.82 Å². The van der Waals surface area contributed by atoms with Crippen molar-refractivity contribution in [2.24, 2.45) is 0 Å². The Labute approximate surface area is 130 Å². The minimum Gasteiger partial charge on any atom is -0.366 e. The van der Waals surface area contributed by atoms with Crippen LogP contribution in [0.3, 0.4) is 0 Å². The van der Waals surface area contributed by atoms with Gasteiger partial charge in [0.05, 0.1) is 5.56 Å². The van der Waals surface area contributed by atoms with E-state index in [-0.39, 0.29) is 5.82 Å². The second-order valence-corrected chi connectivity index (χ2v) is 5.59. The molecule has 0 radical (unpaired) electrons. The number of hydrogen-bond donors (Lipinski definition) is 2. The Kier molecular flexibility index (Phi) is 4.63. The van der Waals surface area contributed by atoms with Crippen molar-refractivity contribution in [3.63, 3.8) is 0 Å². The van der Waals surface area contributed by atoms with Crippen LogP contribution in [0.4, 0.5) is 10.2 Å². The maximum Gasteiger partial charge on any atom is 0.164 e. The second kappa shape index (κ2) is 6.83. The molecular weight excluding hydrogens is 279 g/mol. The van der Waals surface area contributed by atoms with E-state index < -0.39 is 0 Å². The molecule has 2 aromatic rings. The number of hydrogen-bond acceptors (Lipinski definition) is 4. The lowest BCUT2D eigenvalue weighted by atomic mass is 10.1. The highest BCUT2D eigenvalue weighted by molar-refractivity contribution is 5.58. The predicted octanol–water partition coefficient (Wildman–Crippen LogP) is 3.01. The van der Waals surface area contributed by atoms with Gasteiger partial charge in [-0.25, -0.2) is 14.4 Å². The van der Waals surface area contributed by atoms with Gasteiger partial charge in [0.15, 0.2) is 5.82 Å². The molecule has 0 saturated carbocycles. The van der Waals surface area contributed by atoms with Crippen molar-refractivity contribution in [2.45, 2.75) is 32.2 Å². The van der Waals surface area contributed by atoms with Crippen molar-refractivity contribution < 1.29 is 4.39 Å². The van der Waals surface area contributed by atoms with Gasteiger partial charge in [0, 0.05) is 24.3 Å². The van der Waals surface area contributed by atoms with Gasteiger partial charge in [-0.1, -0.05) is 19.1 Å². The lowest BCUT2D eigenvalue weighted by Crippen LogP contribution is -2.38. The molecule has 0 bridgehead atoms. The lowest BCUT2D eigenvalue weighted by molar-refractivity contribution is 0.479. The summed E-state index contributed by atoms with van der Waals surface area (Å²) in [5, 5.41) is 6.82. The SMILES string of the molecule is CCc1cc(NC2CCCNC2)nc(-c2ccccc2F)n1. The van der Waals surface area contributed by atoms with E-state index in [1.165, 1.54) is 6.07 Å². The van der Waals surface area contributed by atoms with Crippen LogP contribution in [0.2, 0.25) is 0 Å². The number of nitrogens with one attached hydrogen (secondary N) is 2. The molecule has 1 aliphatic rings. The van der Waals surface area contributed by atoms with Gasteiger partial charge in [0.2, 0.25) is 0 Å². The van der Waals surface area contributed by atoms with Gasteiger partial charge in [-0.2, -0.15) is 0 Å². The Morgan fingerprint density at radius 1 is 1.32 bits per heavy atom. The highest BCUT2D eigenvalue weighted by Gasteiger charge is 2.15. The number of anilines is 1. The summed E-state index contributed by atoms with van der Waals surface area (Å²) in [5.74, 6) is 0.934. The van der Waals surface area contributed by atoms with Gasteiger partial charge < -0.3 is 10.6 Å². The molecule has 0 amide bonds. The van der Waals surface area contributed by atoms with Crippen molar-refractivity contribution in [1.29, 1.82) is 0 Å². The summed E-state index contributed by atoms with van der Waals surface area (Å²) in [6.07, 6.45) is 3.07. The summed E-state index contributed by atoms with van der Waals surface area (Å²) in [6.45, 7) is 4.04. The third-order valence-electron chi connectivity index (χ3n) is 3.91. The molecular formula is C17H21FN4. The minimum absolute atomic E-state index is 0.291. The number of rotatable bonds is 4. The zero-order chi connectivity index (χ0) is 15.4. The van der Waals surface area contributed by atoms with E-state index in [9.17, 15) is 4.39 Å². The van der Waals surface area contributed by atoms with E-state index in [0.717, 1.165) is 43.9 Å². The Balaban J connectivity index is 1.90. The smallest absolute Gasteiger partial charge is 0.164 e. The standard InChI is InChI=1S/C17H21FN4/c1-2-12-10-16(20-13-6-5-9-19-11-13)22-17(21-12)14-7-3-4-8-15(14)18/h3-4,7-8,10,13,19H,2,5-6,9,11H2,1H3,(H,20,21,22). The van der Waals surface area contributed by atoms with E-state index in [4.69, 9.17) is 0 Å². The average molecular weight is 300 g/mol. The largest absolute Gasteiger partial charge is 0.366 e. The number of piperidine rings is 1. The predicted molar refractivity (Wildman–Crippen MR) is 86.3 cm³/mol. The second-order valence-electron chi connectivity index (χ2n) is 5.59. The first-order valence-electron chi connectivity index (χ1n) is 7.86. The lowest BCUT2D eigenvalue weighted by Gasteiger charge is -2.24. The summed E-state index contributed by atoms with van der Waals surface area (Å²) in [4.78, 5) is 8.99. The van der Waals surface area contributed by atoms with Crippen molar-refractivity contribution in [3.8, 4) is 11.4 Å². The summed E-state index contributed by atoms with van der Waals surface area (Å²) >= 11 is 0. The molecule has 1 fully saturated rings. The first-order chi connectivity index (χ1) is 10.8. The third-order valence-corrected chi connectivity index (χ3v) is 3.91. The molecule has 5 heteroatoms. The maximum absolute atomic E-state index is 14.0. The summed E-state index contributed by atoms with van der Waals surface area (Å²) in [7, 11) is 0. The minimum atomic E-state index is -0.291. The van der Waals surface area contributed by atoms with Crippen LogP contribution in [0.1, 0.15) is 25.5 Å². The van der Waals surface area contributed by atoms with Crippen molar-refractivity contribution in [3.05, 3.63) is 41.8 Å². The molecule has 1 unspecified atom stereocenters. The van der Waals surface area contributed by atoms with Gasteiger partial charge in [0.1, 0.15) is 11.6 Å². The molecule has 2 N–H and O–H groups in total. The molecule has 116 valence electrons. The fraction of sp³-hybridized carbons (Fsp3) is 0.412. The van der Waals surface area contributed by atoms with Gasteiger partial charge >= 0.3 is 0 Å². The number of aromatic nitrogens is 2. The third kappa shape index (κ3) is 3.42. The van der Waals surface area contributed by atoms with Crippen molar-refractivity contribution in [1.82, 2.24) is 15.3 Å². The van der Waals surface area contributed by atoms with Gasteiger partial charge in [0.25, 0.3) is 0 Å². The Morgan fingerprint density at radius 2 is 2.18 bits per heavy atom. The van der Waals surface area contributed by atoms with E-state index in [2.05, 4.69) is 20.6 Å². The highest BCUT2D eigenvalue weighted by Crippen LogP contribution is 2.22. The first kappa shape index (κ1) is 14.9. The maximum atomic E-state index is 14.0. The first-order valence-corrected chi connectivity index (χ1v) is 7.86. The summed E-state index contributed by atoms with van der Waals surface area (Å²) in [5.41, 5.74) is 1.36. The quantitative estimate of drug-likeness (QED) is 0.911. The Bertz CT molecular complexity index is 638. The fourth-order valence-electron chi connectivity index (χ4n) is 2.70. The van der Waals surface area contributed by atoms with E-state index in [0.29, 0.717) is 17.4 Å². The van der Waals surface area contributed by atoms with Crippen molar-refractivity contribution in [2.75, 3.05) is 18.4 Å². The van der Waals surface area contributed by atoms with Crippen LogP contribution in [0.5, 0.6) is 0 Å². The molecule has 1 atom stereocenters. The van der Waals surface area contributed by atoms with E-state index in [1.807, 2.05) is 13.0 Å². The number of nitrogens with zero attached hydrogens (tertiary/aromatic N) is 2. The fourth-order valence-corrected chi connectivity index (χ4v) is 2.70. The van der Waals surface area contributed by atoms with Crippen LogP contribution >= 0.6 is 0 Å². The van der Waals surface area contributed by atoms with Gasteiger partial charge in [-0.15, -0.1) is 0 Å². The number of aryl methyl sites for hydroxylation is 1. The molecule has 1 aromatic heterocycles. The topological polar surface area (TPSA) is 49.8 Å². The molecule has 1 saturated heterocycles. The molecule has 0 aliphatic carbocycles. The Morgan fingerprint density at radius 3 is 2.91 bits per heavy atom. The number of halogens is 1. The molecule has 3 rings (SSSR count). The number of benzene rings is 1. The average Bonchev–Trinajstić information content (AvgIpc) is 2.56. The van der Waals surface area contributed by atoms with Crippen LogP contribution in [0.25, 0.3) is 11.4 Å². The van der Waals surface area contributed by atoms with E-state index >= 15 is 0 Å². The molecule has 22 heavy (non-hydrogen) atoms. The molecule has 1 aromatic carbocycles. The van der Waals surface area contributed by atoms with Crippen LogP contribution in [-0.4, -0.2) is 29.1 Å². The molecule has 1 aliphatic heterocycles. The Hall–Kier alpha value is -2.01. The van der Waals surface area contributed by atoms with E-state index in [1.54, 1.807) is 18.2 Å². The molecule has 4 nitrogen and oxygen atoms in total. The van der Waals surface area contributed by atoms with Crippen LogP contribution in [-0.2, 0) is 6.42 Å². The zero-order valence-electron chi connectivity index (χ0n) is 12.8. The van der Waals surface area contributed by atoms with Crippen LogP contribution in [0.15, 0.2) is 30.3 Å². The zero-order valence-corrected chi connectivity index (χ0v) is 12.8. The monoisotopic (exact) mass is 300 g/mol. The van der Waals surface area contributed by atoms with Gasteiger partial charge in [-0.3, -0.25) is 0 Å².